The van der Waals surface area contributed by atoms with E-state index >= 15 is 0 Å². The first-order chi connectivity index (χ1) is 10.4. The smallest absolute Gasteiger partial charge is 0.339 e. The van der Waals surface area contributed by atoms with Gasteiger partial charge in [0.1, 0.15) is 11.4 Å². The van der Waals surface area contributed by atoms with Gasteiger partial charge in [-0.1, -0.05) is 6.07 Å². The Balaban J connectivity index is 1.90. The van der Waals surface area contributed by atoms with Crippen LogP contribution in [0.3, 0.4) is 0 Å². The molecule has 0 unspecified atom stereocenters. The molecule has 118 valence electrons. The van der Waals surface area contributed by atoms with E-state index in [1.165, 1.54) is 7.11 Å². The van der Waals surface area contributed by atoms with Gasteiger partial charge in [0.05, 0.1) is 25.2 Å². The Kier molecular flexibility index (Phi) is 3.38. The van der Waals surface area contributed by atoms with Gasteiger partial charge in [-0.25, -0.2) is 4.79 Å². The number of benzene rings is 1. The SMILES string of the molecule is COC(=O)C1(C)CCC2(CC1)OC(=O)c1cc(OC)ccc12. The van der Waals surface area contributed by atoms with E-state index < -0.39 is 11.0 Å². The van der Waals surface area contributed by atoms with Crippen LogP contribution >= 0.6 is 0 Å². The van der Waals surface area contributed by atoms with Gasteiger partial charge in [-0.3, -0.25) is 4.79 Å². The van der Waals surface area contributed by atoms with Gasteiger partial charge in [-0.05, 0) is 44.7 Å². The van der Waals surface area contributed by atoms with E-state index in [0.717, 1.165) is 5.56 Å². The minimum absolute atomic E-state index is 0.193. The van der Waals surface area contributed by atoms with Crippen LogP contribution in [-0.2, 0) is 19.9 Å². The fourth-order valence-electron chi connectivity index (χ4n) is 3.53. The molecule has 0 bridgehead atoms. The zero-order chi connectivity index (χ0) is 16.0. The number of esters is 2. The molecular weight excluding hydrogens is 284 g/mol. The Labute approximate surface area is 129 Å². The van der Waals surface area contributed by atoms with Gasteiger partial charge in [0.2, 0.25) is 0 Å². The molecule has 5 heteroatoms. The van der Waals surface area contributed by atoms with Crippen LogP contribution in [0, 0.1) is 5.41 Å². The predicted molar refractivity (Wildman–Crippen MR) is 78.7 cm³/mol. The number of rotatable bonds is 2. The van der Waals surface area contributed by atoms with Crippen molar-refractivity contribution >= 4 is 11.9 Å². The van der Waals surface area contributed by atoms with E-state index in [1.807, 2.05) is 19.1 Å². The monoisotopic (exact) mass is 304 g/mol. The molecular formula is C17H20O5. The minimum Gasteiger partial charge on any atom is -0.497 e. The van der Waals surface area contributed by atoms with E-state index in [0.29, 0.717) is 37.0 Å². The number of carbonyl (C=O) groups is 2. The van der Waals surface area contributed by atoms with Crippen molar-refractivity contribution in [2.45, 2.75) is 38.2 Å². The summed E-state index contributed by atoms with van der Waals surface area (Å²) in [6.45, 7) is 1.91. The molecule has 1 aromatic rings. The predicted octanol–water partition coefficient (Wildman–Crippen LogP) is 2.81. The Morgan fingerprint density at radius 3 is 2.45 bits per heavy atom. The number of hydrogen-bond acceptors (Lipinski definition) is 5. The largest absolute Gasteiger partial charge is 0.497 e. The molecule has 1 aliphatic carbocycles. The lowest BCUT2D eigenvalue weighted by Crippen LogP contribution is -2.40. The third kappa shape index (κ3) is 2.07. The summed E-state index contributed by atoms with van der Waals surface area (Å²) in [6.07, 6.45) is 2.53. The Morgan fingerprint density at radius 1 is 1.18 bits per heavy atom. The molecule has 3 rings (SSSR count). The topological polar surface area (TPSA) is 61.8 Å². The van der Waals surface area contributed by atoms with Crippen LogP contribution in [0.15, 0.2) is 18.2 Å². The van der Waals surface area contributed by atoms with Crippen LogP contribution in [0.25, 0.3) is 0 Å². The fraction of sp³-hybridized carbons (Fsp3) is 0.529. The van der Waals surface area contributed by atoms with Crippen molar-refractivity contribution in [1.82, 2.24) is 0 Å². The summed E-state index contributed by atoms with van der Waals surface area (Å²) < 4.78 is 15.8. The molecule has 1 aliphatic heterocycles. The highest BCUT2D eigenvalue weighted by molar-refractivity contribution is 5.95. The van der Waals surface area contributed by atoms with Crippen molar-refractivity contribution in [1.29, 1.82) is 0 Å². The molecule has 0 N–H and O–H groups in total. The number of methoxy groups -OCH3 is 2. The first-order valence-corrected chi connectivity index (χ1v) is 7.44. The van der Waals surface area contributed by atoms with Crippen molar-refractivity contribution in [3.63, 3.8) is 0 Å². The summed E-state index contributed by atoms with van der Waals surface area (Å²) in [6, 6.07) is 5.47. The number of ether oxygens (including phenoxy) is 3. The van der Waals surface area contributed by atoms with Crippen molar-refractivity contribution in [3.8, 4) is 5.75 Å². The zero-order valence-electron chi connectivity index (χ0n) is 13.1. The molecule has 0 amide bonds. The van der Waals surface area contributed by atoms with Crippen LogP contribution in [0.1, 0.15) is 48.5 Å². The highest BCUT2D eigenvalue weighted by Crippen LogP contribution is 2.52. The van der Waals surface area contributed by atoms with Gasteiger partial charge >= 0.3 is 11.9 Å². The van der Waals surface area contributed by atoms with Gasteiger partial charge in [-0.15, -0.1) is 0 Å². The van der Waals surface area contributed by atoms with E-state index in [2.05, 4.69) is 0 Å². The Bertz CT molecular complexity index is 626. The van der Waals surface area contributed by atoms with Gasteiger partial charge < -0.3 is 14.2 Å². The van der Waals surface area contributed by atoms with Crippen LogP contribution in [0.2, 0.25) is 0 Å². The summed E-state index contributed by atoms with van der Waals surface area (Å²) in [7, 11) is 2.98. The molecule has 0 saturated heterocycles. The molecule has 2 aliphatic rings. The van der Waals surface area contributed by atoms with Crippen LogP contribution in [0.4, 0.5) is 0 Å². The lowest BCUT2D eigenvalue weighted by molar-refractivity contribution is -0.157. The van der Waals surface area contributed by atoms with Crippen molar-refractivity contribution < 1.29 is 23.8 Å². The average Bonchev–Trinajstić information content (AvgIpc) is 2.82. The van der Waals surface area contributed by atoms with Crippen LogP contribution in [-0.4, -0.2) is 26.2 Å². The number of hydrogen-bond donors (Lipinski definition) is 0. The molecule has 1 heterocycles. The van der Waals surface area contributed by atoms with E-state index in [4.69, 9.17) is 14.2 Å². The lowest BCUT2D eigenvalue weighted by Gasteiger charge is -2.40. The summed E-state index contributed by atoms with van der Waals surface area (Å²) >= 11 is 0. The maximum atomic E-state index is 12.2. The van der Waals surface area contributed by atoms with E-state index in [1.54, 1.807) is 13.2 Å². The molecule has 0 radical (unpaired) electrons. The third-order valence-electron chi connectivity index (χ3n) is 5.06. The first kappa shape index (κ1) is 14.9. The zero-order valence-corrected chi connectivity index (χ0v) is 13.1. The summed E-state index contributed by atoms with van der Waals surface area (Å²) in [5.41, 5.74) is 0.375. The van der Waals surface area contributed by atoms with Gasteiger partial charge in [0, 0.05) is 5.56 Å². The molecule has 0 aromatic heterocycles. The maximum absolute atomic E-state index is 12.2. The summed E-state index contributed by atoms with van der Waals surface area (Å²) in [5, 5.41) is 0. The van der Waals surface area contributed by atoms with Gasteiger partial charge in [0.15, 0.2) is 0 Å². The molecule has 22 heavy (non-hydrogen) atoms. The molecule has 0 atom stereocenters. The number of carbonyl (C=O) groups excluding carboxylic acids is 2. The summed E-state index contributed by atoms with van der Waals surface area (Å²) in [4.78, 5) is 24.1. The second kappa shape index (κ2) is 5.00. The normalized spacial score (nSPS) is 29.9. The number of fused-ring (bicyclic) bond motifs is 2. The third-order valence-corrected chi connectivity index (χ3v) is 5.06. The molecule has 5 nitrogen and oxygen atoms in total. The molecule has 1 fully saturated rings. The maximum Gasteiger partial charge on any atom is 0.339 e. The van der Waals surface area contributed by atoms with Crippen LogP contribution < -0.4 is 4.74 Å². The van der Waals surface area contributed by atoms with E-state index in [9.17, 15) is 9.59 Å². The minimum atomic E-state index is -0.605. The van der Waals surface area contributed by atoms with Crippen molar-refractivity contribution in [3.05, 3.63) is 29.3 Å². The highest BCUT2D eigenvalue weighted by Gasteiger charge is 2.52. The standard InChI is InChI=1S/C17H20O5/c1-16(15(19)21-3)6-8-17(9-7-16)13-5-4-11(20-2)10-12(13)14(18)22-17/h4-5,10H,6-9H2,1-3H3. The Hall–Kier alpha value is -2.04. The lowest BCUT2D eigenvalue weighted by atomic mass is 9.67. The second-order valence-corrected chi connectivity index (χ2v) is 6.35. The van der Waals surface area contributed by atoms with Crippen molar-refractivity contribution in [2.75, 3.05) is 14.2 Å². The molecule has 1 saturated carbocycles. The van der Waals surface area contributed by atoms with E-state index in [-0.39, 0.29) is 11.9 Å². The van der Waals surface area contributed by atoms with Crippen molar-refractivity contribution in [2.24, 2.45) is 5.41 Å². The summed E-state index contributed by atoms with van der Waals surface area (Å²) in [5.74, 6) is 0.139. The first-order valence-electron chi connectivity index (χ1n) is 7.44. The quantitative estimate of drug-likeness (QED) is 0.786. The van der Waals surface area contributed by atoms with Gasteiger partial charge in [-0.2, -0.15) is 0 Å². The fourth-order valence-corrected chi connectivity index (χ4v) is 3.53. The second-order valence-electron chi connectivity index (χ2n) is 6.35. The molecule has 1 spiro atoms. The van der Waals surface area contributed by atoms with Crippen LogP contribution in [0.5, 0.6) is 5.75 Å². The molecule has 1 aromatic carbocycles. The van der Waals surface area contributed by atoms with Gasteiger partial charge in [0.25, 0.3) is 0 Å². The highest BCUT2D eigenvalue weighted by atomic mass is 16.6. The Morgan fingerprint density at radius 2 is 1.86 bits per heavy atom. The average molecular weight is 304 g/mol.